The van der Waals surface area contributed by atoms with Crippen molar-refractivity contribution in [1.82, 2.24) is 5.32 Å². The molecule has 1 aromatic carbocycles. The van der Waals surface area contributed by atoms with Gasteiger partial charge in [0.25, 0.3) is 5.91 Å². The zero-order valence-corrected chi connectivity index (χ0v) is 11.1. The molecule has 0 saturated carbocycles. The fraction of sp³-hybridized carbons (Fsp3) is 0.357. The van der Waals surface area contributed by atoms with Crippen molar-refractivity contribution in [2.24, 2.45) is 0 Å². The van der Waals surface area contributed by atoms with Crippen LogP contribution in [0.2, 0.25) is 0 Å². The fourth-order valence-electron chi connectivity index (χ4n) is 1.52. The number of anilines is 1. The van der Waals surface area contributed by atoms with Crippen LogP contribution in [-0.4, -0.2) is 25.0 Å². The van der Waals surface area contributed by atoms with Crippen molar-refractivity contribution in [3.8, 4) is 6.07 Å². The Kier molecular flexibility index (Phi) is 6.62. The smallest absolute Gasteiger partial charge is 0.306 e. The van der Waals surface area contributed by atoms with Gasteiger partial charge in [-0.05, 0) is 24.1 Å². The van der Waals surface area contributed by atoms with Crippen molar-refractivity contribution >= 4 is 17.6 Å². The maximum Gasteiger partial charge on any atom is 0.306 e. The van der Waals surface area contributed by atoms with Crippen LogP contribution < -0.4 is 11.1 Å². The number of nitrogens with zero attached hydrogens (tertiary/aromatic N) is 1. The summed E-state index contributed by atoms with van der Waals surface area (Å²) >= 11 is 0. The molecule has 0 heterocycles. The third kappa shape index (κ3) is 6.40. The highest BCUT2D eigenvalue weighted by Crippen LogP contribution is 2.09. The number of nitriles is 1. The van der Waals surface area contributed by atoms with Crippen molar-refractivity contribution in [2.75, 3.05) is 18.9 Å². The Morgan fingerprint density at radius 2 is 2.20 bits per heavy atom. The maximum atomic E-state index is 11.4. The first-order valence-electron chi connectivity index (χ1n) is 6.25. The molecular weight excluding hydrogens is 258 g/mol. The summed E-state index contributed by atoms with van der Waals surface area (Å²) in [6.07, 6.45) is 0.934. The SMILES string of the molecule is N#CCCNC(=O)COC(=O)CCc1cccc(N)c1. The molecule has 0 atom stereocenters. The van der Waals surface area contributed by atoms with Crippen LogP contribution in [0.3, 0.4) is 0 Å². The summed E-state index contributed by atoms with van der Waals surface area (Å²) in [7, 11) is 0. The Balaban J connectivity index is 2.20. The van der Waals surface area contributed by atoms with E-state index in [1.54, 1.807) is 12.1 Å². The molecule has 0 bridgehead atoms. The molecule has 20 heavy (non-hydrogen) atoms. The van der Waals surface area contributed by atoms with Gasteiger partial charge in [0.2, 0.25) is 0 Å². The second-order valence-electron chi connectivity index (χ2n) is 4.16. The molecule has 0 radical (unpaired) electrons. The molecule has 1 aromatic rings. The van der Waals surface area contributed by atoms with Crippen LogP contribution in [0.5, 0.6) is 0 Å². The minimum Gasteiger partial charge on any atom is -0.456 e. The predicted molar refractivity (Wildman–Crippen MR) is 73.4 cm³/mol. The summed E-state index contributed by atoms with van der Waals surface area (Å²) in [6, 6.07) is 9.15. The second kappa shape index (κ2) is 8.53. The minimum absolute atomic E-state index is 0.189. The molecule has 0 aliphatic carbocycles. The largest absolute Gasteiger partial charge is 0.456 e. The monoisotopic (exact) mass is 275 g/mol. The van der Waals surface area contributed by atoms with Gasteiger partial charge in [0, 0.05) is 18.7 Å². The molecule has 0 saturated heterocycles. The maximum absolute atomic E-state index is 11.4. The molecule has 3 N–H and O–H groups in total. The van der Waals surface area contributed by atoms with E-state index < -0.39 is 11.9 Å². The van der Waals surface area contributed by atoms with E-state index in [4.69, 9.17) is 15.7 Å². The number of amides is 1. The minimum atomic E-state index is -0.442. The van der Waals surface area contributed by atoms with Gasteiger partial charge < -0.3 is 15.8 Å². The standard InChI is InChI=1S/C14H17N3O3/c15-7-2-8-17-13(18)10-20-14(19)6-5-11-3-1-4-12(16)9-11/h1,3-4,9H,2,5-6,8,10,16H2,(H,17,18). The lowest BCUT2D eigenvalue weighted by molar-refractivity contribution is -0.148. The van der Waals surface area contributed by atoms with Crippen molar-refractivity contribution in [3.63, 3.8) is 0 Å². The van der Waals surface area contributed by atoms with Gasteiger partial charge in [-0.15, -0.1) is 0 Å². The number of hydrogen-bond acceptors (Lipinski definition) is 5. The zero-order chi connectivity index (χ0) is 14.8. The number of nitrogens with two attached hydrogens (primary N) is 1. The predicted octanol–water partition coefficient (Wildman–Crippen LogP) is 0.774. The lowest BCUT2D eigenvalue weighted by Gasteiger charge is -2.05. The van der Waals surface area contributed by atoms with Gasteiger partial charge in [-0.25, -0.2) is 0 Å². The first-order chi connectivity index (χ1) is 9.61. The normalized spacial score (nSPS) is 9.55. The second-order valence-corrected chi connectivity index (χ2v) is 4.16. The first-order valence-corrected chi connectivity index (χ1v) is 6.25. The molecule has 106 valence electrons. The van der Waals surface area contributed by atoms with E-state index in [-0.39, 0.29) is 26.0 Å². The van der Waals surface area contributed by atoms with Gasteiger partial charge in [-0.3, -0.25) is 9.59 Å². The lowest BCUT2D eigenvalue weighted by Crippen LogP contribution is -2.29. The number of carbonyl (C=O) groups is 2. The Bertz CT molecular complexity index is 509. The van der Waals surface area contributed by atoms with E-state index in [0.717, 1.165) is 5.56 Å². The molecule has 0 aliphatic heterocycles. The molecule has 0 unspecified atom stereocenters. The highest BCUT2D eigenvalue weighted by atomic mass is 16.5. The van der Waals surface area contributed by atoms with E-state index in [1.807, 2.05) is 18.2 Å². The number of ether oxygens (including phenoxy) is 1. The number of rotatable bonds is 7. The van der Waals surface area contributed by atoms with E-state index in [1.165, 1.54) is 0 Å². The summed E-state index contributed by atoms with van der Waals surface area (Å²) < 4.78 is 4.82. The Hall–Kier alpha value is -2.55. The Morgan fingerprint density at radius 3 is 2.90 bits per heavy atom. The Morgan fingerprint density at radius 1 is 1.40 bits per heavy atom. The lowest BCUT2D eigenvalue weighted by atomic mass is 10.1. The summed E-state index contributed by atoms with van der Waals surface area (Å²) in [5.41, 5.74) is 7.22. The van der Waals surface area contributed by atoms with Gasteiger partial charge in [0.15, 0.2) is 6.61 Å². The van der Waals surface area contributed by atoms with E-state index in [9.17, 15) is 9.59 Å². The van der Waals surface area contributed by atoms with Crippen LogP contribution in [-0.2, 0) is 20.7 Å². The van der Waals surface area contributed by atoms with Gasteiger partial charge in [-0.2, -0.15) is 5.26 Å². The summed E-state index contributed by atoms with van der Waals surface area (Å²) in [5.74, 6) is -0.847. The molecule has 1 amide bonds. The van der Waals surface area contributed by atoms with Crippen molar-refractivity contribution < 1.29 is 14.3 Å². The van der Waals surface area contributed by atoms with Gasteiger partial charge >= 0.3 is 5.97 Å². The molecule has 6 heteroatoms. The average molecular weight is 275 g/mol. The number of benzene rings is 1. The van der Waals surface area contributed by atoms with Gasteiger partial charge in [0.1, 0.15) is 0 Å². The summed E-state index contributed by atoms with van der Waals surface area (Å²) in [6.45, 7) is -0.0582. The molecule has 0 spiro atoms. The Labute approximate surface area is 117 Å². The van der Waals surface area contributed by atoms with Gasteiger partial charge in [0.05, 0.1) is 12.5 Å². The fourth-order valence-corrected chi connectivity index (χ4v) is 1.52. The average Bonchev–Trinajstić information content (AvgIpc) is 2.43. The number of hydrogen-bond donors (Lipinski definition) is 2. The molecule has 0 fully saturated rings. The number of nitrogens with one attached hydrogen (secondary N) is 1. The third-order valence-electron chi connectivity index (χ3n) is 2.49. The van der Waals surface area contributed by atoms with Crippen molar-refractivity contribution in [3.05, 3.63) is 29.8 Å². The quantitative estimate of drug-likeness (QED) is 0.434. The van der Waals surface area contributed by atoms with Crippen molar-refractivity contribution in [2.45, 2.75) is 19.3 Å². The van der Waals surface area contributed by atoms with Crippen LogP contribution in [0.4, 0.5) is 5.69 Å². The number of nitrogen functional groups attached to an aromatic ring is 1. The van der Waals surface area contributed by atoms with Gasteiger partial charge in [-0.1, -0.05) is 12.1 Å². The number of aryl methyl sites for hydroxylation is 1. The van der Waals surface area contributed by atoms with Crippen LogP contribution in [0.1, 0.15) is 18.4 Å². The van der Waals surface area contributed by atoms with E-state index in [2.05, 4.69) is 5.32 Å². The highest BCUT2D eigenvalue weighted by Gasteiger charge is 2.07. The van der Waals surface area contributed by atoms with E-state index >= 15 is 0 Å². The molecule has 0 aliphatic rings. The van der Waals surface area contributed by atoms with Crippen molar-refractivity contribution in [1.29, 1.82) is 5.26 Å². The van der Waals surface area contributed by atoms with Crippen LogP contribution in [0.15, 0.2) is 24.3 Å². The zero-order valence-electron chi connectivity index (χ0n) is 11.1. The number of carbonyl (C=O) groups excluding carboxylic acids is 2. The summed E-state index contributed by atoms with van der Waals surface area (Å²) in [4.78, 5) is 22.7. The van der Waals surface area contributed by atoms with E-state index in [0.29, 0.717) is 12.1 Å². The van der Waals surface area contributed by atoms with Crippen LogP contribution >= 0.6 is 0 Å². The highest BCUT2D eigenvalue weighted by molar-refractivity contribution is 5.80. The third-order valence-corrected chi connectivity index (χ3v) is 2.49. The topological polar surface area (TPSA) is 105 Å². The van der Waals surface area contributed by atoms with Crippen LogP contribution in [0, 0.1) is 11.3 Å². The molecule has 6 nitrogen and oxygen atoms in total. The first kappa shape index (κ1) is 15.5. The molecule has 1 rings (SSSR count). The summed E-state index contributed by atoms with van der Waals surface area (Å²) in [5, 5.41) is 10.8. The number of esters is 1. The molecule has 0 aromatic heterocycles. The van der Waals surface area contributed by atoms with Crippen LogP contribution in [0.25, 0.3) is 0 Å². The molecular formula is C14H17N3O3.